The van der Waals surface area contributed by atoms with Crippen molar-refractivity contribution in [3.05, 3.63) is 24.3 Å². The van der Waals surface area contributed by atoms with Crippen molar-refractivity contribution in [2.75, 3.05) is 13.2 Å². The van der Waals surface area contributed by atoms with Crippen molar-refractivity contribution in [3.8, 4) is 0 Å². The molecule has 6 heteroatoms. The Morgan fingerprint density at radius 3 is 1.07 bits per heavy atom. The molecular weight excluding hydrogens is 875 g/mol. The third kappa shape index (κ3) is 57.5. The fourth-order valence-electron chi connectivity index (χ4n) is 10.1. The first kappa shape index (κ1) is 69.3. The number of carbonyl (C=O) groups is 2. The van der Waals surface area contributed by atoms with Gasteiger partial charge in [0.25, 0.3) is 0 Å². The van der Waals surface area contributed by atoms with E-state index < -0.39 is 12.1 Å². The van der Waals surface area contributed by atoms with Gasteiger partial charge in [-0.2, -0.15) is 0 Å². The van der Waals surface area contributed by atoms with E-state index in [0.717, 1.165) is 51.4 Å². The third-order valence-corrected chi connectivity index (χ3v) is 15.0. The van der Waals surface area contributed by atoms with Crippen LogP contribution in [0.3, 0.4) is 0 Å². The fraction of sp³-hybridized carbons (Fsp3) is 0.908. The first-order valence-electron chi connectivity index (χ1n) is 32.1. The minimum absolute atomic E-state index is 0.0302. The van der Waals surface area contributed by atoms with Crippen molar-refractivity contribution >= 4 is 11.9 Å². The molecule has 71 heavy (non-hydrogen) atoms. The molecule has 0 radical (unpaired) electrons. The Hall–Kier alpha value is -1.66. The number of esters is 1. The molecule has 0 aliphatic carbocycles. The second-order valence-electron chi connectivity index (χ2n) is 22.1. The minimum atomic E-state index is -0.667. The highest BCUT2D eigenvalue weighted by Crippen LogP contribution is 2.18. The Morgan fingerprint density at radius 2 is 0.704 bits per heavy atom. The van der Waals surface area contributed by atoms with E-state index in [-0.39, 0.29) is 18.5 Å². The van der Waals surface area contributed by atoms with Crippen LogP contribution in [0.1, 0.15) is 354 Å². The van der Waals surface area contributed by atoms with Gasteiger partial charge in [0.2, 0.25) is 5.91 Å². The van der Waals surface area contributed by atoms with Gasteiger partial charge in [0, 0.05) is 12.8 Å². The lowest BCUT2D eigenvalue weighted by molar-refractivity contribution is -0.143. The van der Waals surface area contributed by atoms with E-state index in [4.69, 9.17) is 4.74 Å². The van der Waals surface area contributed by atoms with Crippen LogP contribution < -0.4 is 5.32 Å². The van der Waals surface area contributed by atoms with Crippen LogP contribution in [0.15, 0.2) is 24.3 Å². The zero-order valence-corrected chi connectivity index (χ0v) is 48.0. The predicted octanol–water partition coefficient (Wildman–Crippen LogP) is 20.2. The van der Waals surface area contributed by atoms with Gasteiger partial charge in [-0.3, -0.25) is 9.59 Å². The maximum atomic E-state index is 12.5. The van der Waals surface area contributed by atoms with Crippen molar-refractivity contribution in [1.29, 1.82) is 0 Å². The van der Waals surface area contributed by atoms with E-state index in [1.807, 2.05) is 0 Å². The van der Waals surface area contributed by atoms with Gasteiger partial charge in [0.05, 0.1) is 25.4 Å². The lowest BCUT2D eigenvalue weighted by Crippen LogP contribution is -2.45. The van der Waals surface area contributed by atoms with Gasteiger partial charge in [-0.15, -0.1) is 0 Å². The summed E-state index contributed by atoms with van der Waals surface area (Å²) in [4.78, 5) is 24.6. The summed E-state index contributed by atoms with van der Waals surface area (Å²) >= 11 is 0. The average molecular weight is 1000 g/mol. The summed E-state index contributed by atoms with van der Waals surface area (Å²) in [5, 5.41) is 23.3. The number of rotatable bonds is 60. The van der Waals surface area contributed by atoms with Gasteiger partial charge in [-0.1, -0.05) is 321 Å². The zero-order valence-electron chi connectivity index (χ0n) is 48.0. The van der Waals surface area contributed by atoms with Crippen LogP contribution in [0.5, 0.6) is 0 Å². The first-order chi connectivity index (χ1) is 35.0. The predicted molar refractivity (Wildman–Crippen MR) is 310 cm³/mol. The maximum Gasteiger partial charge on any atom is 0.305 e. The van der Waals surface area contributed by atoms with Crippen LogP contribution in [-0.4, -0.2) is 47.4 Å². The largest absolute Gasteiger partial charge is 0.465 e. The summed E-state index contributed by atoms with van der Waals surface area (Å²) in [5.74, 6) is -0.0678. The molecule has 3 N–H and O–H groups in total. The second kappa shape index (κ2) is 60.9. The summed E-state index contributed by atoms with van der Waals surface area (Å²) in [6.45, 7) is 4.87. The first-order valence-corrected chi connectivity index (χ1v) is 32.1. The number of ether oxygens (including phenoxy) is 1. The number of unbranched alkanes of at least 4 members (excludes halogenated alkanes) is 45. The number of nitrogens with one attached hydrogen (secondary N) is 1. The van der Waals surface area contributed by atoms with Crippen LogP contribution in [0.4, 0.5) is 0 Å². The monoisotopic (exact) mass is 1000 g/mol. The van der Waals surface area contributed by atoms with Crippen molar-refractivity contribution < 1.29 is 24.5 Å². The highest BCUT2D eigenvalue weighted by atomic mass is 16.5. The number of amides is 1. The summed E-state index contributed by atoms with van der Waals surface area (Å²) in [7, 11) is 0. The fourth-order valence-corrected chi connectivity index (χ4v) is 10.1. The minimum Gasteiger partial charge on any atom is -0.465 e. The normalized spacial score (nSPS) is 12.7. The molecule has 0 aromatic heterocycles. The van der Waals surface area contributed by atoms with Crippen molar-refractivity contribution in [2.45, 2.75) is 366 Å². The Kier molecular flexibility index (Phi) is 59.5. The van der Waals surface area contributed by atoms with E-state index in [2.05, 4.69) is 43.5 Å². The molecule has 0 rings (SSSR count). The summed E-state index contributed by atoms with van der Waals surface area (Å²) in [5.41, 5.74) is 0. The molecule has 0 fully saturated rings. The molecule has 6 nitrogen and oxygen atoms in total. The molecule has 0 heterocycles. The van der Waals surface area contributed by atoms with Gasteiger partial charge < -0.3 is 20.3 Å². The van der Waals surface area contributed by atoms with E-state index in [0.29, 0.717) is 25.9 Å². The van der Waals surface area contributed by atoms with Crippen LogP contribution in [0.25, 0.3) is 0 Å². The highest BCUT2D eigenvalue weighted by Gasteiger charge is 2.20. The van der Waals surface area contributed by atoms with Gasteiger partial charge in [0.1, 0.15) is 0 Å². The smallest absolute Gasteiger partial charge is 0.305 e. The van der Waals surface area contributed by atoms with Crippen molar-refractivity contribution in [3.63, 3.8) is 0 Å². The number of hydrogen-bond acceptors (Lipinski definition) is 5. The lowest BCUT2D eigenvalue weighted by Gasteiger charge is -2.22. The molecular formula is C65H125NO5. The standard InChI is InChI=1S/C65H125NO5/c1-3-5-7-9-11-13-15-17-19-20-27-31-35-39-43-47-51-55-59-65(70)71-60-56-52-48-44-40-36-32-28-25-23-21-22-24-26-30-34-38-42-46-50-54-58-64(69)66-62(61-67)63(68)57-53-49-45-41-37-33-29-18-16-14-12-10-8-6-4-2/h36,40,48,52,62-63,67-68H,3-35,37-39,41-47,49-51,53-61H2,1-2H3,(H,66,69)/b40-36-,52-48-. The summed E-state index contributed by atoms with van der Waals surface area (Å²) in [6, 6.07) is -0.545. The van der Waals surface area contributed by atoms with E-state index >= 15 is 0 Å². The molecule has 0 saturated carbocycles. The Bertz CT molecular complexity index is 1110. The summed E-state index contributed by atoms with van der Waals surface area (Å²) in [6.07, 6.45) is 75.0. The van der Waals surface area contributed by atoms with Crippen LogP contribution in [0, 0.1) is 0 Å². The average Bonchev–Trinajstić information content (AvgIpc) is 3.37. The second-order valence-corrected chi connectivity index (χ2v) is 22.1. The highest BCUT2D eigenvalue weighted by molar-refractivity contribution is 5.76. The third-order valence-electron chi connectivity index (χ3n) is 15.0. The van der Waals surface area contributed by atoms with E-state index in [9.17, 15) is 19.8 Å². The summed E-state index contributed by atoms with van der Waals surface area (Å²) < 4.78 is 5.44. The van der Waals surface area contributed by atoms with Gasteiger partial charge in [0.15, 0.2) is 0 Å². The number of allylic oxidation sites excluding steroid dienone is 3. The van der Waals surface area contributed by atoms with Crippen LogP contribution in [-0.2, 0) is 14.3 Å². The molecule has 2 atom stereocenters. The van der Waals surface area contributed by atoms with Crippen molar-refractivity contribution in [1.82, 2.24) is 5.32 Å². The molecule has 0 spiro atoms. The topological polar surface area (TPSA) is 95.9 Å². The number of aliphatic hydroxyl groups is 2. The quantitative estimate of drug-likeness (QED) is 0.0320. The SMILES string of the molecule is CCCCCCCCCCCCCCCCCCCCC(=O)OCC/C=C\C/C=C\CCCCCCCCCCCCCCCCC(=O)NC(CO)C(O)CCCCCCCCCCCCCCCCC. The lowest BCUT2D eigenvalue weighted by atomic mass is 10.0. The van der Waals surface area contributed by atoms with Crippen LogP contribution in [0.2, 0.25) is 0 Å². The molecule has 0 aliphatic rings. The molecule has 420 valence electrons. The molecule has 0 aliphatic heterocycles. The number of aliphatic hydroxyl groups excluding tert-OH is 2. The van der Waals surface area contributed by atoms with Gasteiger partial charge in [-0.25, -0.2) is 0 Å². The van der Waals surface area contributed by atoms with E-state index in [1.165, 1.54) is 270 Å². The Balaban J connectivity index is 3.42. The maximum absolute atomic E-state index is 12.5. The van der Waals surface area contributed by atoms with E-state index in [1.54, 1.807) is 0 Å². The number of hydrogen-bond donors (Lipinski definition) is 3. The molecule has 1 amide bonds. The molecule has 2 unspecified atom stereocenters. The van der Waals surface area contributed by atoms with Gasteiger partial charge >= 0.3 is 5.97 Å². The van der Waals surface area contributed by atoms with Crippen molar-refractivity contribution in [2.24, 2.45) is 0 Å². The molecule has 0 aromatic rings. The Morgan fingerprint density at radius 1 is 0.394 bits per heavy atom. The molecule has 0 bridgehead atoms. The van der Waals surface area contributed by atoms with Crippen LogP contribution >= 0.6 is 0 Å². The zero-order chi connectivity index (χ0) is 51.4. The van der Waals surface area contributed by atoms with Gasteiger partial charge in [-0.05, 0) is 44.9 Å². The molecule has 0 saturated heterocycles. The molecule has 0 aromatic carbocycles. The Labute approximate surface area is 443 Å². The number of carbonyl (C=O) groups excluding carboxylic acids is 2.